The van der Waals surface area contributed by atoms with E-state index in [9.17, 15) is 33.9 Å². The third-order valence-corrected chi connectivity index (χ3v) is 4.98. The summed E-state index contributed by atoms with van der Waals surface area (Å²) in [5.41, 5.74) is 10.8. The molecule has 0 aliphatic heterocycles. The minimum atomic E-state index is -1.80. The maximum Gasteiger partial charge on any atom is 0.326 e. The number of aliphatic hydroxyl groups excluding tert-OH is 1. The first kappa shape index (κ1) is 30.1. The molecule has 0 saturated carbocycles. The second-order valence-electron chi connectivity index (χ2n) is 7.18. The van der Waals surface area contributed by atoms with Gasteiger partial charge in [0.05, 0.1) is 18.6 Å². The van der Waals surface area contributed by atoms with Gasteiger partial charge in [-0.3, -0.25) is 24.0 Å². The van der Waals surface area contributed by atoms with Crippen LogP contribution < -0.4 is 27.4 Å². The number of aliphatic hydroxyl groups is 1. The van der Waals surface area contributed by atoms with Gasteiger partial charge in [0, 0.05) is 6.42 Å². The number of hydrogen-bond donors (Lipinski definition) is 8. The van der Waals surface area contributed by atoms with Crippen molar-refractivity contribution in [2.45, 2.75) is 62.9 Å². The van der Waals surface area contributed by atoms with Gasteiger partial charge in [-0.15, -0.1) is 0 Å². The fraction of sp³-hybridized carbons (Fsp3) is 0.667. The molecule has 0 bridgehead atoms. The number of nitrogens with two attached hydrogens (primary N) is 2. The van der Waals surface area contributed by atoms with E-state index in [-0.39, 0.29) is 12.8 Å². The molecule has 14 nitrogen and oxygen atoms in total. The predicted molar refractivity (Wildman–Crippen MR) is 117 cm³/mol. The van der Waals surface area contributed by atoms with E-state index in [0.717, 1.165) is 0 Å². The molecule has 0 aliphatic carbocycles. The normalized spacial score (nSPS) is 15.3. The van der Waals surface area contributed by atoms with Crippen LogP contribution >= 0.6 is 11.8 Å². The zero-order valence-corrected chi connectivity index (χ0v) is 19.1. The molecule has 0 radical (unpaired) electrons. The molecule has 0 saturated heterocycles. The summed E-state index contributed by atoms with van der Waals surface area (Å²) in [4.78, 5) is 70.6. The van der Waals surface area contributed by atoms with Crippen LogP contribution in [-0.2, 0) is 28.8 Å². The Bertz CT molecular complexity index is 734. The Hall–Kier alpha value is -2.91. The molecule has 10 N–H and O–H groups in total. The number of thioether (sulfide) groups is 1. The number of carbonyl (C=O) groups excluding carboxylic acids is 4. The van der Waals surface area contributed by atoms with Gasteiger partial charge in [-0.2, -0.15) is 11.8 Å². The molecule has 15 heteroatoms. The van der Waals surface area contributed by atoms with Crippen molar-refractivity contribution < 1.29 is 44.1 Å². The molecule has 33 heavy (non-hydrogen) atoms. The summed E-state index contributed by atoms with van der Waals surface area (Å²) in [5, 5.41) is 34.3. The Balaban J connectivity index is 5.47. The lowest BCUT2D eigenvalue weighted by Crippen LogP contribution is -2.60. The predicted octanol–water partition coefficient (Wildman–Crippen LogP) is -3.27. The Morgan fingerprint density at radius 2 is 1.48 bits per heavy atom. The highest BCUT2D eigenvalue weighted by molar-refractivity contribution is 7.98. The van der Waals surface area contributed by atoms with Gasteiger partial charge in [0.15, 0.2) is 0 Å². The Morgan fingerprint density at radius 3 is 1.94 bits per heavy atom. The molecule has 0 spiro atoms. The van der Waals surface area contributed by atoms with Crippen LogP contribution in [0.4, 0.5) is 0 Å². The van der Waals surface area contributed by atoms with Gasteiger partial charge >= 0.3 is 11.9 Å². The maximum atomic E-state index is 12.7. The van der Waals surface area contributed by atoms with E-state index in [2.05, 4.69) is 10.6 Å². The highest BCUT2D eigenvalue weighted by Crippen LogP contribution is 2.04. The largest absolute Gasteiger partial charge is 0.481 e. The highest BCUT2D eigenvalue weighted by Gasteiger charge is 2.33. The molecule has 0 rings (SSSR count). The molecule has 5 unspecified atom stereocenters. The van der Waals surface area contributed by atoms with Gasteiger partial charge in [0.25, 0.3) is 0 Å². The van der Waals surface area contributed by atoms with Crippen LogP contribution in [0, 0.1) is 0 Å². The van der Waals surface area contributed by atoms with E-state index >= 15 is 0 Å². The molecule has 0 fully saturated rings. The van der Waals surface area contributed by atoms with Crippen molar-refractivity contribution in [3.05, 3.63) is 0 Å². The number of carboxylic acid groups (broad SMARTS) is 2. The summed E-state index contributed by atoms with van der Waals surface area (Å²) in [7, 11) is 0. The van der Waals surface area contributed by atoms with Crippen LogP contribution in [0.1, 0.15) is 32.6 Å². The minimum absolute atomic E-state index is 0.310. The quantitative estimate of drug-likeness (QED) is 0.106. The molecule has 188 valence electrons. The second kappa shape index (κ2) is 15.0. The van der Waals surface area contributed by atoms with Crippen molar-refractivity contribution in [1.82, 2.24) is 16.0 Å². The number of amides is 4. The van der Waals surface area contributed by atoms with Crippen molar-refractivity contribution in [1.29, 1.82) is 0 Å². The van der Waals surface area contributed by atoms with Crippen LogP contribution in [-0.4, -0.2) is 93.2 Å². The lowest BCUT2D eigenvalue weighted by molar-refractivity contribution is -0.147. The summed E-state index contributed by atoms with van der Waals surface area (Å²) >= 11 is 1.46. The van der Waals surface area contributed by atoms with Gasteiger partial charge in [-0.25, -0.2) is 4.79 Å². The first-order chi connectivity index (χ1) is 15.3. The van der Waals surface area contributed by atoms with E-state index in [1.807, 2.05) is 11.6 Å². The lowest BCUT2D eigenvalue weighted by Gasteiger charge is -2.26. The van der Waals surface area contributed by atoms with Crippen molar-refractivity contribution in [2.24, 2.45) is 11.5 Å². The summed E-state index contributed by atoms with van der Waals surface area (Å²) in [6.45, 7) is 1.21. The van der Waals surface area contributed by atoms with Gasteiger partial charge in [-0.05, 0) is 31.8 Å². The average Bonchev–Trinajstić information content (AvgIpc) is 2.71. The molecule has 0 aromatic carbocycles. The average molecular weight is 494 g/mol. The van der Waals surface area contributed by atoms with E-state index in [4.69, 9.17) is 21.7 Å². The molecule has 5 atom stereocenters. The number of hydrogen-bond acceptors (Lipinski definition) is 9. The molecule has 0 heterocycles. The molecule has 0 aromatic heterocycles. The van der Waals surface area contributed by atoms with Gasteiger partial charge in [0.1, 0.15) is 18.1 Å². The van der Waals surface area contributed by atoms with Crippen molar-refractivity contribution in [3.63, 3.8) is 0 Å². The van der Waals surface area contributed by atoms with Crippen molar-refractivity contribution >= 4 is 47.3 Å². The van der Waals surface area contributed by atoms with E-state index in [1.54, 1.807) is 0 Å². The molecular formula is C18H31N5O9S. The molecule has 0 aromatic rings. The Kier molecular flexibility index (Phi) is 13.7. The number of carbonyl (C=O) groups is 6. The van der Waals surface area contributed by atoms with E-state index in [1.165, 1.54) is 18.7 Å². The maximum absolute atomic E-state index is 12.7. The van der Waals surface area contributed by atoms with Crippen LogP contribution in [0.15, 0.2) is 0 Å². The fourth-order valence-electron chi connectivity index (χ4n) is 2.51. The summed E-state index contributed by atoms with van der Waals surface area (Å²) in [6.07, 6.45) is -0.928. The van der Waals surface area contributed by atoms with E-state index in [0.29, 0.717) is 12.2 Å². The van der Waals surface area contributed by atoms with Crippen LogP contribution in [0.5, 0.6) is 0 Å². The minimum Gasteiger partial charge on any atom is -0.481 e. The van der Waals surface area contributed by atoms with Crippen LogP contribution in [0.2, 0.25) is 0 Å². The molecular weight excluding hydrogens is 462 g/mol. The SMILES string of the molecule is CSCCC(N)C(=O)NC(C(=O)NC(CCC(N)=O)C(=O)NC(CC(=O)O)C(=O)O)C(C)O. The van der Waals surface area contributed by atoms with Gasteiger partial charge < -0.3 is 42.7 Å². The first-order valence-corrected chi connectivity index (χ1v) is 11.3. The molecule has 0 aliphatic rings. The number of rotatable bonds is 16. The van der Waals surface area contributed by atoms with Crippen LogP contribution in [0.3, 0.4) is 0 Å². The standard InChI is InChI=1S/C18H31N5O9S/c1-8(24)14(23-15(28)9(19)5-6-33-2)17(30)21-10(3-4-12(20)25)16(29)22-11(18(31)32)7-13(26)27/h8-11,14,24H,3-7,19H2,1-2H3,(H2,20,25)(H,21,30)(H,22,29)(H,23,28)(H,26,27)(H,31,32). The summed E-state index contributed by atoms with van der Waals surface area (Å²) < 4.78 is 0. The first-order valence-electron chi connectivity index (χ1n) is 9.86. The number of aliphatic carboxylic acids is 2. The van der Waals surface area contributed by atoms with Gasteiger partial charge in [0.2, 0.25) is 23.6 Å². The monoisotopic (exact) mass is 493 g/mol. The number of nitrogens with one attached hydrogen (secondary N) is 3. The van der Waals surface area contributed by atoms with Crippen molar-refractivity contribution in [2.75, 3.05) is 12.0 Å². The molecule has 4 amide bonds. The summed E-state index contributed by atoms with van der Waals surface area (Å²) in [6, 6.07) is -5.78. The smallest absolute Gasteiger partial charge is 0.326 e. The van der Waals surface area contributed by atoms with Crippen LogP contribution in [0.25, 0.3) is 0 Å². The third kappa shape index (κ3) is 12.1. The highest BCUT2D eigenvalue weighted by atomic mass is 32.2. The number of carboxylic acids is 2. The van der Waals surface area contributed by atoms with E-state index < -0.39 is 72.3 Å². The zero-order valence-electron chi connectivity index (χ0n) is 18.3. The topological polar surface area (TPSA) is 251 Å². The Labute approximate surface area is 194 Å². The Morgan fingerprint density at radius 1 is 0.909 bits per heavy atom. The second-order valence-corrected chi connectivity index (χ2v) is 8.16. The summed E-state index contributed by atoms with van der Waals surface area (Å²) in [5.74, 6) is -6.17. The van der Waals surface area contributed by atoms with Gasteiger partial charge in [-0.1, -0.05) is 0 Å². The van der Waals surface area contributed by atoms with Crippen molar-refractivity contribution in [3.8, 4) is 0 Å². The lowest BCUT2D eigenvalue weighted by atomic mass is 10.1. The third-order valence-electron chi connectivity index (χ3n) is 4.34. The fourth-order valence-corrected chi connectivity index (χ4v) is 2.99. The number of primary amides is 1. The zero-order chi connectivity index (χ0) is 25.7.